The molecule has 0 bridgehead atoms. The largest absolute Gasteiger partial charge is 0.376 e. The van der Waals surface area contributed by atoms with E-state index in [0.29, 0.717) is 0 Å². The zero-order valence-electron chi connectivity index (χ0n) is 14.4. The molecule has 0 unspecified atom stereocenters. The van der Waals surface area contributed by atoms with Gasteiger partial charge in [-0.15, -0.1) is 11.3 Å². The standard InChI is InChI=1S/C21H22N2OS/c1-15-5-7-16(8-6-15)11-19-13-23-21(25-19)22-12-17-3-2-4-18-14-24-10-9-20(17)18/h2-8,13H,9-12,14H2,1H3,(H,22,23). The molecule has 2 aromatic carbocycles. The molecule has 1 aliphatic heterocycles. The molecule has 0 spiro atoms. The molecule has 3 nitrogen and oxygen atoms in total. The Kier molecular flexibility index (Phi) is 4.81. The molecule has 2 heterocycles. The highest BCUT2D eigenvalue weighted by atomic mass is 32.1. The smallest absolute Gasteiger partial charge is 0.183 e. The maximum atomic E-state index is 5.55. The highest BCUT2D eigenvalue weighted by molar-refractivity contribution is 7.15. The van der Waals surface area contributed by atoms with Gasteiger partial charge < -0.3 is 10.1 Å². The molecule has 4 heteroatoms. The number of nitrogens with one attached hydrogen (secondary N) is 1. The number of anilines is 1. The van der Waals surface area contributed by atoms with Crippen LogP contribution >= 0.6 is 11.3 Å². The highest BCUT2D eigenvalue weighted by Crippen LogP contribution is 2.24. The fourth-order valence-corrected chi connectivity index (χ4v) is 4.06. The van der Waals surface area contributed by atoms with Gasteiger partial charge in [0.05, 0.1) is 13.2 Å². The van der Waals surface area contributed by atoms with Gasteiger partial charge in [0.1, 0.15) is 0 Å². The molecule has 1 aromatic heterocycles. The van der Waals surface area contributed by atoms with Gasteiger partial charge in [0, 0.05) is 24.0 Å². The van der Waals surface area contributed by atoms with Crippen molar-refractivity contribution in [3.63, 3.8) is 0 Å². The van der Waals surface area contributed by atoms with Crippen LogP contribution in [0.5, 0.6) is 0 Å². The van der Waals surface area contributed by atoms with Gasteiger partial charge in [0.15, 0.2) is 5.13 Å². The Hall–Kier alpha value is -2.17. The summed E-state index contributed by atoms with van der Waals surface area (Å²) in [6.07, 6.45) is 3.93. The van der Waals surface area contributed by atoms with Crippen molar-refractivity contribution in [1.82, 2.24) is 4.98 Å². The molecular formula is C21H22N2OS. The topological polar surface area (TPSA) is 34.2 Å². The van der Waals surface area contributed by atoms with E-state index in [2.05, 4.69) is 59.7 Å². The summed E-state index contributed by atoms with van der Waals surface area (Å²) in [4.78, 5) is 5.83. The lowest BCUT2D eigenvalue weighted by atomic mass is 9.97. The molecule has 0 fully saturated rings. The van der Waals surface area contributed by atoms with E-state index < -0.39 is 0 Å². The molecular weight excluding hydrogens is 328 g/mol. The summed E-state index contributed by atoms with van der Waals surface area (Å²) >= 11 is 1.74. The number of nitrogens with zero attached hydrogens (tertiary/aromatic N) is 1. The van der Waals surface area contributed by atoms with E-state index in [1.807, 2.05) is 6.20 Å². The molecule has 1 aliphatic rings. The quantitative estimate of drug-likeness (QED) is 0.722. The highest BCUT2D eigenvalue weighted by Gasteiger charge is 2.13. The number of fused-ring (bicyclic) bond motifs is 1. The van der Waals surface area contributed by atoms with E-state index in [0.717, 1.165) is 37.7 Å². The third-order valence-electron chi connectivity index (χ3n) is 4.61. The van der Waals surface area contributed by atoms with E-state index >= 15 is 0 Å². The molecule has 0 amide bonds. The third kappa shape index (κ3) is 3.91. The molecule has 0 saturated heterocycles. The first-order valence-electron chi connectivity index (χ1n) is 8.69. The van der Waals surface area contributed by atoms with E-state index in [1.165, 1.54) is 32.7 Å². The predicted molar refractivity (Wildman–Crippen MR) is 103 cm³/mol. The number of hydrogen-bond acceptors (Lipinski definition) is 4. The van der Waals surface area contributed by atoms with Crippen LogP contribution < -0.4 is 5.32 Å². The summed E-state index contributed by atoms with van der Waals surface area (Å²) in [5.74, 6) is 0. The number of aryl methyl sites for hydroxylation is 1. The average Bonchev–Trinajstić information content (AvgIpc) is 3.09. The number of aromatic nitrogens is 1. The van der Waals surface area contributed by atoms with Crippen molar-refractivity contribution in [2.75, 3.05) is 11.9 Å². The van der Waals surface area contributed by atoms with Crippen molar-refractivity contribution >= 4 is 16.5 Å². The van der Waals surface area contributed by atoms with Crippen LogP contribution in [0.1, 0.15) is 32.7 Å². The molecule has 1 N–H and O–H groups in total. The zero-order valence-corrected chi connectivity index (χ0v) is 15.2. The van der Waals surface area contributed by atoms with E-state index in [-0.39, 0.29) is 0 Å². The first-order chi connectivity index (χ1) is 12.3. The monoisotopic (exact) mass is 350 g/mol. The van der Waals surface area contributed by atoms with Crippen molar-refractivity contribution in [2.24, 2.45) is 0 Å². The summed E-state index contributed by atoms with van der Waals surface area (Å²) in [5, 5.41) is 4.49. The van der Waals surface area contributed by atoms with Gasteiger partial charge in [-0.2, -0.15) is 0 Å². The van der Waals surface area contributed by atoms with Gasteiger partial charge in [-0.1, -0.05) is 48.0 Å². The second kappa shape index (κ2) is 7.38. The van der Waals surface area contributed by atoms with Gasteiger partial charge in [-0.25, -0.2) is 4.98 Å². The molecule has 0 atom stereocenters. The lowest BCUT2D eigenvalue weighted by molar-refractivity contribution is 0.110. The van der Waals surface area contributed by atoms with Crippen molar-refractivity contribution in [3.8, 4) is 0 Å². The summed E-state index contributed by atoms with van der Waals surface area (Å²) in [6, 6.07) is 15.2. The fraction of sp³-hybridized carbons (Fsp3) is 0.286. The Morgan fingerprint density at radius 3 is 2.92 bits per heavy atom. The lowest BCUT2D eigenvalue weighted by Gasteiger charge is -2.19. The Morgan fingerprint density at radius 2 is 2.04 bits per heavy atom. The number of thiazole rings is 1. The van der Waals surface area contributed by atoms with Crippen molar-refractivity contribution < 1.29 is 4.74 Å². The SMILES string of the molecule is Cc1ccc(Cc2cnc(NCc3cccc4c3CCOC4)s2)cc1. The molecule has 0 aliphatic carbocycles. The maximum Gasteiger partial charge on any atom is 0.183 e. The van der Waals surface area contributed by atoms with Crippen molar-refractivity contribution in [2.45, 2.75) is 32.9 Å². The van der Waals surface area contributed by atoms with Gasteiger partial charge in [-0.05, 0) is 35.6 Å². The summed E-state index contributed by atoms with van der Waals surface area (Å²) < 4.78 is 5.55. The van der Waals surface area contributed by atoms with Crippen molar-refractivity contribution in [3.05, 3.63) is 81.4 Å². The van der Waals surface area contributed by atoms with Gasteiger partial charge in [-0.3, -0.25) is 0 Å². The van der Waals surface area contributed by atoms with Gasteiger partial charge in [0.2, 0.25) is 0 Å². The van der Waals surface area contributed by atoms with E-state index in [1.54, 1.807) is 11.3 Å². The molecule has 128 valence electrons. The summed E-state index contributed by atoms with van der Waals surface area (Å²) in [5.41, 5.74) is 6.75. The maximum absolute atomic E-state index is 5.55. The fourth-order valence-electron chi connectivity index (χ4n) is 3.22. The first-order valence-corrected chi connectivity index (χ1v) is 9.51. The van der Waals surface area contributed by atoms with Crippen molar-refractivity contribution in [1.29, 1.82) is 0 Å². The second-order valence-electron chi connectivity index (χ2n) is 6.51. The normalized spacial score (nSPS) is 13.5. The van der Waals surface area contributed by atoms with Gasteiger partial charge >= 0.3 is 0 Å². The second-order valence-corrected chi connectivity index (χ2v) is 7.62. The number of benzene rings is 2. The van der Waals surface area contributed by atoms with Crippen LogP contribution in [0.3, 0.4) is 0 Å². The minimum Gasteiger partial charge on any atom is -0.376 e. The third-order valence-corrected chi connectivity index (χ3v) is 5.56. The lowest BCUT2D eigenvalue weighted by Crippen LogP contribution is -2.13. The van der Waals surface area contributed by atoms with Gasteiger partial charge in [0.25, 0.3) is 0 Å². The first kappa shape index (κ1) is 16.3. The molecule has 0 radical (unpaired) electrons. The Labute approximate surface area is 152 Å². The minimum atomic E-state index is 0.737. The molecule has 4 rings (SSSR count). The molecule has 3 aromatic rings. The Balaban J connectivity index is 1.41. The Morgan fingerprint density at radius 1 is 1.16 bits per heavy atom. The summed E-state index contributed by atoms with van der Waals surface area (Å²) in [7, 11) is 0. The zero-order chi connectivity index (χ0) is 17.1. The Bertz CT molecular complexity index is 855. The van der Waals surface area contributed by atoms with Crippen LogP contribution in [-0.4, -0.2) is 11.6 Å². The van der Waals surface area contributed by atoms with E-state index in [9.17, 15) is 0 Å². The van der Waals surface area contributed by atoms with Crippen LogP contribution in [0.15, 0.2) is 48.7 Å². The minimum absolute atomic E-state index is 0.737. The van der Waals surface area contributed by atoms with Crippen LogP contribution in [0.4, 0.5) is 5.13 Å². The predicted octanol–water partition coefficient (Wildman–Crippen LogP) is 4.73. The number of ether oxygens (including phenoxy) is 1. The van der Waals surface area contributed by atoms with Crippen LogP contribution in [0.2, 0.25) is 0 Å². The average molecular weight is 350 g/mol. The van der Waals surface area contributed by atoms with E-state index in [4.69, 9.17) is 4.74 Å². The van der Waals surface area contributed by atoms with Crippen LogP contribution in [-0.2, 0) is 30.7 Å². The number of hydrogen-bond donors (Lipinski definition) is 1. The molecule has 0 saturated carbocycles. The molecule has 25 heavy (non-hydrogen) atoms. The van der Waals surface area contributed by atoms with Crippen LogP contribution in [0.25, 0.3) is 0 Å². The van der Waals surface area contributed by atoms with Crippen LogP contribution in [0, 0.1) is 6.92 Å². The summed E-state index contributed by atoms with van der Waals surface area (Å²) in [6.45, 7) is 4.50. The number of rotatable bonds is 5.